The molecule has 1 rings (SSSR count). The van der Waals surface area contributed by atoms with Gasteiger partial charge in [-0.1, -0.05) is 23.4 Å². The Morgan fingerprint density at radius 1 is 1.43 bits per heavy atom. The highest BCUT2D eigenvalue weighted by atomic mass is 35.7. The summed E-state index contributed by atoms with van der Waals surface area (Å²) >= 11 is 5.46. The van der Waals surface area contributed by atoms with E-state index >= 15 is 0 Å². The largest absolute Gasteiger partial charge is 0.306 e. The van der Waals surface area contributed by atoms with Gasteiger partial charge in [-0.3, -0.25) is 0 Å². The van der Waals surface area contributed by atoms with Gasteiger partial charge in [0.15, 0.2) is 6.49 Å². The smallest absolute Gasteiger partial charge is 0.176 e. The van der Waals surface area contributed by atoms with Crippen molar-refractivity contribution in [2.24, 2.45) is 0 Å². The van der Waals surface area contributed by atoms with Crippen molar-refractivity contribution in [2.45, 2.75) is 0 Å². The van der Waals surface area contributed by atoms with E-state index in [4.69, 9.17) is 11.2 Å². The van der Waals surface area contributed by atoms with Crippen LogP contribution in [0.2, 0.25) is 0 Å². The fourth-order valence-electron chi connectivity index (χ4n) is 0.538. The molecule has 1 aliphatic heterocycles. The third-order valence-electron chi connectivity index (χ3n) is 0.923. The van der Waals surface area contributed by atoms with Gasteiger partial charge in [0.05, 0.1) is 0 Å². The Kier molecular flexibility index (Phi) is 1.27. The summed E-state index contributed by atoms with van der Waals surface area (Å²) in [5.74, 6) is 0. The van der Waals surface area contributed by atoms with Crippen LogP contribution < -0.4 is 0 Å². The van der Waals surface area contributed by atoms with Gasteiger partial charge in [0.1, 0.15) is 0 Å². The minimum absolute atomic E-state index is 0.592. The average molecular weight is 137 g/mol. The summed E-state index contributed by atoms with van der Waals surface area (Å²) < 4.78 is 10.7. The summed E-state index contributed by atoms with van der Waals surface area (Å²) in [6.07, 6.45) is 4.92. The fraction of sp³-hybridized carbons (Fsp3) is 0.500. The Labute approximate surface area is 47.5 Å². The van der Waals surface area contributed by atoms with E-state index in [1.54, 1.807) is 0 Å². The molecule has 0 aromatic carbocycles. The van der Waals surface area contributed by atoms with E-state index < -0.39 is 6.49 Å². The van der Waals surface area contributed by atoms with Crippen molar-refractivity contribution in [2.75, 3.05) is 12.3 Å². The summed E-state index contributed by atoms with van der Waals surface area (Å²) in [4.78, 5) is 0. The topological polar surface area (TPSA) is 17.1 Å². The maximum atomic E-state index is 10.7. The molecule has 0 saturated heterocycles. The standard InChI is InChI=1S/C4H6ClOP/c5-7(6)3-1-2-4-7/h1-2H,3-4H2. The molecule has 1 nitrogen and oxygen atoms in total. The minimum Gasteiger partial charge on any atom is -0.306 e. The predicted octanol–water partition coefficient (Wildman–Crippen LogP) is 2.07. The molecule has 0 amide bonds. The first-order valence-corrected chi connectivity index (χ1v) is 5.12. The van der Waals surface area contributed by atoms with Gasteiger partial charge < -0.3 is 4.57 Å². The summed E-state index contributed by atoms with van der Waals surface area (Å²) in [6.45, 7) is -2.18. The lowest BCUT2D eigenvalue weighted by molar-refractivity contribution is 0.588. The lowest BCUT2D eigenvalue weighted by Crippen LogP contribution is -1.69. The zero-order chi connectivity index (χ0) is 5.33. The lowest BCUT2D eigenvalue weighted by Gasteiger charge is -1.93. The normalized spacial score (nSPS) is 25.9. The summed E-state index contributed by atoms with van der Waals surface area (Å²) in [5.41, 5.74) is 0. The number of hydrogen-bond acceptors (Lipinski definition) is 1. The van der Waals surface area contributed by atoms with Crippen LogP contribution in [0.25, 0.3) is 0 Å². The van der Waals surface area contributed by atoms with Gasteiger partial charge in [-0.2, -0.15) is 0 Å². The van der Waals surface area contributed by atoms with Crippen LogP contribution in [0.5, 0.6) is 0 Å². The second-order valence-corrected chi connectivity index (χ2v) is 5.78. The van der Waals surface area contributed by atoms with E-state index in [0.29, 0.717) is 12.3 Å². The summed E-state index contributed by atoms with van der Waals surface area (Å²) in [5, 5.41) is 0. The van der Waals surface area contributed by atoms with Crippen molar-refractivity contribution in [3.8, 4) is 0 Å². The number of allylic oxidation sites excluding steroid dienone is 2. The quantitative estimate of drug-likeness (QED) is 0.368. The van der Waals surface area contributed by atoms with Crippen LogP contribution >= 0.6 is 17.7 Å². The highest BCUT2D eigenvalue weighted by Crippen LogP contribution is 2.53. The second kappa shape index (κ2) is 1.65. The zero-order valence-corrected chi connectivity index (χ0v) is 5.45. The average Bonchev–Trinajstić information content (AvgIpc) is 1.84. The third kappa shape index (κ3) is 1.32. The van der Waals surface area contributed by atoms with Crippen LogP contribution in [-0.2, 0) is 4.57 Å². The lowest BCUT2D eigenvalue weighted by atomic mass is 10.6. The van der Waals surface area contributed by atoms with Gasteiger partial charge in [0, 0.05) is 12.3 Å². The van der Waals surface area contributed by atoms with Crippen LogP contribution in [-0.4, -0.2) is 12.3 Å². The van der Waals surface area contributed by atoms with Gasteiger partial charge >= 0.3 is 0 Å². The molecule has 0 spiro atoms. The van der Waals surface area contributed by atoms with E-state index in [-0.39, 0.29) is 0 Å². The molecule has 0 saturated carbocycles. The highest BCUT2D eigenvalue weighted by molar-refractivity contribution is 7.89. The number of rotatable bonds is 0. The molecule has 7 heavy (non-hydrogen) atoms. The molecule has 0 bridgehead atoms. The van der Waals surface area contributed by atoms with Gasteiger partial charge in [-0.15, -0.1) is 0 Å². The predicted molar refractivity (Wildman–Crippen MR) is 32.3 cm³/mol. The van der Waals surface area contributed by atoms with E-state index in [1.807, 2.05) is 12.2 Å². The van der Waals surface area contributed by atoms with E-state index in [1.165, 1.54) is 0 Å². The fourth-order valence-corrected chi connectivity index (χ4v) is 2.09. The van der Waals surface area contributed by atoms with Crippen molar-refractivity contribution in [1.29, 1.82) is 0 Å². The molecule has 0 unspecified atom stereocenters. The molecule has 1 heterocycles. The Balaban J connectivity index is 2.67. The molecule has 0 atom stereocenters. The maximum Gasteiger partial charge on any atom is 0.176 e. The number of hydrogen-bond donors (Lipinski definition) is 0. The Bertz CT molecular complexity index is 129. The molecule has 0 fully saturated rings. The van der Waals surface area contributed by atoms with Crippen LogP contribution in [0.15, 0.2) is 12.2 Å². The maximum absolute atomic E-state index is 10.7. The molecule has 0 aliphatic carbocycles. The molecule has 3 heteroatoms. The molecule has 40 valence electrons. The number of halogens is 1. The van der Waals surface area contributed by atoms with Crippen LogP contribution in [0.1, 0.15) is 0 Å². The molecule has 0 aromatic rings. The SMILES string of the molecule is O=P1(Cl)CC=CC1. The Morgan fingerprint density at radius 2 is 1.86 bits per heavy atom. The third-order valence-corrected chi connectivity index (χ3v) is 3.26. The van der Waals surface area contributed by atoms with Gasteiger partial charge in [0.2, 0.25) is 0 Å². The highest BCUT2D eigenvalue weighted by Gasteiger charge is 2.17. The molecular weight excluding hydrogens is 130 g/mol. The summed E-state index contributed by atoms with van der Waals surface area (Å²) in [6, 6.07) is 0. The minimum atomic E-state index is -2.18. The first-order valence-electron chi connectivity index (χ1n) is 2.13. The first kappa shape index (κ1) is 5.40. The molecule has 1 aliphatic rings. The van der Waals surface area contributed by atoms with Crippen molar-refractivity contribution >= 4 is 17.7 Å². The molecule has 0 N–H and O–H groups in total. The summed E-state index contributed by atoms with van der Waals surface area (Å²) in [7, 11) is 0. The molecule has 0 aromatic heterocycles. The Hall–Kier alpha value is 0.260. The molecule has 0 radical (unpaired) electrons. The van der Waals surface area contributed by atoms with E-state index in [2.05, 4.69) is 0 Å². The van der Waals surface area contributed by atoms with Crippen molar-refractivity contribution < 1.29 is 4.57 Å². The first-order chi connectivity index (χ1) is 3.21. The van der Waals surface area contributed by atoms with E-state index in [0.717, 1.165) is 0 Å². The van der Waals surface area contributed by atoms with Crippen LogP contribution in [0.3, 0.4) is 0 Å². The van der Waals surface area contributed by atoms with Crippen molar-refractivity contribution in [3.05, 3.63) is 12.2 Å². The monoisotopic (exact) mass is 136 g/mol. The Morgan fingerprint density at radius 3 is 2.00 bits per heavy atom. The van der Waals surface area contributed by atoms with Gasteiger partial charge in [-0.25, -0.2) is 0 Å². The van der Waals surface area contributed by atoms with E-state index in [9.17, 15) is 4.57 Å². The van der Waals surface area contributed by atoms with Crippen LogP contribution in [0, 0.1) is 0 Å². The van der Waals surface area contributed by atoms with Gasteiger partial charge in [-0.05, 0) is 0 Å². The van der Waals surface area contributed by atoms with Crippen LogP contribution in [0.4, 0.5) is 0 Å². The van der Waals surface area contributed by atoms with Crippen molar-refractivity contribution in [3.63, 3.8) is 0 Å². The zero-order valence-electron chi connectivity index (χ0n) is 3.80. The van der Waals surface area contributed by atoms with Crippen molar-refractivity contribution in [1.82, 2.24) is 0 Å². The second-order valence-electron chi connectivity index (χ2n) is 1.63. The molecular formula is C4H6ClOP. The van der Waals surface area contributed by atoms with Gasteiger partial charge in [0.25, 0.3) is 0 Å².